The molecule has 6 nitrogen and oxygen atoms in total. The summed E-state index contributed by atoms with van der Waals surface area (Å²) in [5.41, 5.74) is 0. The molecule has 2 N–H and O–H groups in total. The van der Waals surface area contributed by atoms with Gasteiger partial charge in [0.15, 0.2) is 0 Å². The average Bonchev–Trinajstić information content (AvgIpc) is 3.03. The molecule has 0 amide bonds. The minimum atomic E-state index is -0.997. The smallest absolute Gasteiger partial charge is 0.305 e. The number of hydrogen-bond acceptors (Lipinski definition) is 6. The molecule has 0 heterocycles. The molecule has 0 aromatic carbocycles. The van der Waals surface area contributed by atoms with E-state index in [2.05, 4.69) is 51.2 Å². The topological polar surface area (TPSA) is 93.1 Å². The van der Waals surface area contributed by atoms with Gasteiger partial charge >= 0.3 is 11.9 Å². The molecule has 0 unspecified atom stereocenters. The fourth-order valence-electron chi connectivity index (χ4n) is 4.96. The molecule has 6 heteroatoms. The Hall–Kier alpha value is -2.18. The van der Waals surface area contributed by atoms with Crippen LogP contribution in [-0.4, -0.2) is 47.6 Å². The number of aliphatic hydroxyl groups is 2. The molecule has 46 heavy (non-hydrogen) atoms. The van der Waals surface area contributed by atoms with E-state index in [-0.39, 0.29) is 37.7 Å². The standard InChI is InChI=1S/C40H70O6/c1-4-5-24-30-37(41)31-26-21-17-13-9-7-11-15-19-23-28-33-40(44)46-35-38(42)34-45-39(43)32-27-22-18-14-10-6-8-12-16-20-25-29-36(2)3/h7,9,15,17,19,21,26,31,36-38,41-42H,4-6,8,10-14,16,18,20,22-25,27-30,32-35H2,1-3H3/b9-7-,19-15-,21-17-,31-26+/t37-,38+/m1/s1. The Balaban J connectivity index is 3.60. The highest BCUT2D eigenvalue weighted by atomic mass is 16.6. The van der Waals surface area contributed by atoms with Gasteiger partial charge in [-0.25, -0.2) is 0 Å². The van der Waals surface area contributed by atoms with Crippen molar-refractivity contribution in [3.05, 3.63) is 48.6 Å². The van der Waals surface area contributed by atoms with Crippen molar-refractivity contribution in [1.29, 1.82) is 0 Å². The molecule has 0 bridgehead atoms. The van der Waals surface area contributed by atoms with Crippen LogP contribution in [0.4, 0.5) is 0 Å². The van der Waals surface area contributed by atoms with E-state index in [4.69, 9.17) is 9.47 Å². The van der Waals surface area contributed by atoms with Crippen LogP contribution in [0.15, 0.2) is 48.6 Å². The molecule has 0 saturated carbocycles. The van der Waals surface area contributed by atoms with Crippen LogP contribution in [0.1, 0.15) is 162 Å². The van der Waals surface area contributed by atoms with Gasteiger partial charge in [-0.1, -0.05) is 159 Å². The van der Waals surface area contributed by atoms with Crippen molar-refractivity contribution in [3.8, 4) is 0 Å². The second-order valence-corrected chi connectivity index (χ2v) is 13.0. The third-order valence-corrected chi connectivity index (χ3v) is 7.85. The van der Waals surface area contributed by atoms with Crippen molar-refractivity contribution in [2.24, 2.45) is 5.92 Å². The van der Waals surface area contributed by atoms with Gasteiger partial charge < -0.3 is 19.7 Å². The molecular weight excluding hydrogens is 576 g/mol. The lowest BCUT2D eigenvalue weighted by Gasteiger charge is -2.12. The summed E-state index contributed by atoms with van der Waals surface area (Å²) in [6.45, 7) is 6.45. The molecule has 0 saturated heterocycles. The Kier molecular flexibility index (Phi) is 32.5. The summed E-state index contributed by atoms with van der Waals surface area (Å²) in [5.74, 6) is 0.172. The number of rotatable bonds is 32. The van der Waals surface area contributed by atoms with Gasteiger partial charge in [-0.3, -0.25) is 9.59 Å². The Bertz CT molecular complexity index is 813. The van der Waals surface area contributed by atoms with Crippen LogP contribution in [0.25, 0.3) is 0 Å². The monoisotopic (exact) mass is 647 g/mol. The summed E-state index contributed by atoms with van der Waals surface area (Å²) in [7, 11) is 0. The summed E-state index contributed by atoms with van der Waals surface area (Å²) < 4.78 is 10.3. The quantitative estimate of drug-likeness (QED) is 0.0327. The molecule has 0 radical (unpaired) electrons. The van der Waals surface area contributed by atoms with E-state index in [1.54, 1.807) is 0 Å². The predicted molar refractivity (Wildman–Crippen MR) is 193 cm³/mol. The van der Waals surface area contributed by atoms with E-state index in [9.17, 15) is 19.8 Å². The van der Waals surface area contributed by atoms with Crippen molar-refractivity contribution in [1.82, 2.24) is 0 Å². The van der Waals surface area contributed by atoms with Gasteiger partial charge in [0, 0.05) is 12.8 Å². The van der Waals surface area contributed by atoms with E-state index in [0.717, 1.165) is 63.7 Å². The highest BCUT2D eigenvalue weighted by molar-refractivity contribution is 5.69. The molecule has 266 valence electrons. The van der Waals surface area contributed by atoms with E-state index < -0.39 is 6.10 Å². The Morgan fingerprint density at radius 3 is 1.67 bits per heavy atom. The van der Waals surface area contributed by atoms with Crippen LogP contribution in [0, 0.1) is 5.92 Å². The highest BCUT2D eigenvalue weighted by Gasteiger charge is 2.12. The second-order valence-electron chi connectivity index (χ2n) is 13.0. The van der Waals surface area contributed by atoms with Gasteiger partial charge in [0.05, 0.1) is 6.10 Å². The van der Waals surface area contributed by atoms with Gasteiger partial charge in [-0.05, 0) is 44.4 Å². The first kappa shape index (κ1) is 43.8. The van der Waals surface area contributed by atoms with Crippen LogP contribution in [0.2, 0.25) is 0 Å². The van der Waals surface area contributed by atoms with Gasteiger partial charge in [0.1, 0.15) is 19.3 Å². The maximum Gasteiger partial charge on any atom is 0.305 e. The van der Waals surface area contributed by atoms with Crippen molar-refractivity contribution in [2.75, 3.05) is 13.2 Å². The van der Waals surface area contributed by atoms with Crippen molar-refractivity contribution < 1.29 is 29.3 Å². The van der Waals surface area contributed by atoms with Gasteiger partial charge in [-0.2, -0.15) is 0 Å². The van der Waals surface area contributed by atoms with E-state index in [1.165, 1.54) is 64.2 Å². The fraction of sp³-hybridized carbons (Fsp3) is 0.750. The summed E-state index contributed by atoms with van der Waals surface area (Å²) in [6, 6.07) is 0. The molecule has 0 aromatic rings. The molecule has 0 fully saturated rings. The first-order valence-electron chi connectivity index (χ1n) is 18.7. The third-order valence-electron chi connectivity index (χ3n) is 7.85. The number of esters is 2. The lowest BCUT2D eigenvalue weighted by atomic mass is 10.0. The molecule has 0 aliphatic carbocycles. The molecule has 2 atom stereocenters. The summed E-state index contributed by atoms with van der Waals surface area (Å²) in [4.78, 5) is 23.9. The summed E-state index contributed by atoms with van der Waals surface area (Å²) in [5, 5.41) is 19.8. The Morgan fingerprint density at radius 2 is 1.09 bits per heavy atom. The van der Waals surface area contributed by atoms with Crippen LogP contribution < -0.4 is 0 Å². The number of ether oxygens (including phenoxy) is 2. The van der Waals surface area contributed by atoms with Crippen molar-refractivity contribution >= 4 is 11.9 Å². The van der Waals surface area contributed by atoms with Crippen molar-refractivity contribution in [3.63, 3.8) is 0 Å². The van der Waals surface area contributed by atoms with Crippen LogP contribution in [0.5, 0.6) is 0 Å². The van der Waals surface area contributed by atoms with Gasteiger partial charge in [0.25, 0.3) is 0 Å². The highest BCUT2D eigenvalue weighted by Crippen LogP contribution is 2.14. The van der Waals surface area contributed by atoms with Crippen LogP contribution >= 0.6 is 0 Å². The number of aliphatic hydroxyl groups excluding tert-OH is 2. The summed E-state index contributed by atoms with van der Waals surface area (Å²) >= 11 is 0. The number of hydrogen-bond donors (Lipinski definition) is 2. The first-order valence-corrected chi connectivity index (χ1v) is 18.7. The predicted octanol–water partition coefficient (Wildman–Crippen LogP) is 10.3. The average molecular weight is 647 g/mol. The Morgan fingerprint density at radius 1 is 0.587 bits per heavy atom. The molecule has 0 aliphatic rings. The number of carbonyl (C=O) groups excluding carboxylic acids is 2. The number of allylic oxidation sites excluding steroid dienone is 7. The lowest BCUT2D eigenvalue weighted by Crippen LogP contribution is -2.25. The zero-order valence-electron chi connectivity index (χ0n) is 29.8. The molecule has 0 aliphatic heterocycles. The lowest BCUT2D eigenvalue weighted by molar-refractivity contribution is -0.152. The zero-order valence-corrected chi connectivity index (χ0v) is 29.8. The van der Waals surface area contributed by atoms with E-state index in [0.29, 0.717) is 12.8 Å². The first-order chi connectivity index (χ1) is 22.3. The van der Waals surface area contributed by atoms with E-state index >= 15 is 0 Å². The minimum Gasteiger partial charge on any atom is -0.463 e. The van der Waals surface area contributed by atoms with Gasteiger partial charge in [0.2, 0.25) is 0 Å². The maximum atomic E-state index is 11.9. The maximum absolute atomic E-state index is 11.9. The van der Waals surface area contributed by atoms with Crippen molar-refractivity contribution in [2.45, 2.75) is 174 Å². The van der Waals surface area contributed by atoms with Crippen LogP contribution in [-0.2, 0) is 19.1 Å². The Labute approximate surface area is 282 Å². The number of unbranched alkanes of at least 4 members (excludes halogenated alkanes) is 13. The second kappa shape index (κ2) is 34.2. The molecule has 0 spiro atoms. The molecule has 0 aromatic heterocycles. The zero-order chi connectivity index (χ0) is 33.9. The minimum absolute atomic E-state index is 0.144. The molecular formula is C40H70O6. The SMILES string of the molecule is CCCCC[C@@H](O)/C=C/C=C\C/C=C\C/C=C\CCCC(=O)OC[C@@H](O)COC(=O)CCCCCCCCCCCCCC(C)C. The van der Waals surface area contributed by atoms with Gasteiger partial charge in [-0.15, -0.1) is 0 Å². The fourth-order valence-corrected chi connectivity index (χ4v) is 4.96. The van der Waals surface area contributed by atoms with E-state index in [1.807, 2.05) is 18.2 Å². The number of carbonyl (C=O) groups is 2. The molecule has 0 rings (SSSR count). The summed E-state index contributed by atoms with van der Waals surface area (Å²) in [6.07, 6.45) is 37.8. The largest absolute Gasteiger partial charge is 0.463 e. The van der Waals surface area contributed by atoms with Crippen LogP contribution in [0.3, 0.4) is 0 Å². The normalized spacial score (nSPS) is 13.5. The third kappa shape index (κ3) is 34.7.